The average molecular weight is 189 g/mol. The third-order valence-electron chi connectivity index (χ3n) is 2.04. The molecule has 0 saturated heterocycles. The molecular weight excluding hydrogens is 174 g/mol. The first kappa shape index (κ1) is 10.8. The fourth-order valence-electron chi connectivity index (χ4n) is 1.39. The predicted molar refractivity (Wildman–Crippen MR) is 57.7 cm³/mol. The second-order valence-corrected chi connectivity index (χ2v) is 3.61. The molecule has 74 valence electrons. The lowest BCUT2D eigenvalue weighted by atomic mass is 9.94. The summed E-state index contributed by atoms with van der Waals surface area (Å²) in [6, 6.07) is 9.31. The van der Waals surface area contributed by atoms with Crippen molar-refractivity contribution in [1.82, 2.24) is 4.90 Å². The SMILES string of the molecule is C#CC(O)(CN(C)C)c1ccccc1. The van der Waals surface area contributed by atoms with E-state index in [0.29, 0.717) is 6.54 Å². The molecule has 0 aliphatic carbocycles. The molecule has 0 saturated carbocycles. The van der Waals surface area contributed by atoms with Gasteiger partial charge in [0, 0.05) is 6.54 Å². The summed E-state index contributed by atoms with van der Waals surface area (Å²) in [5.41, 5.74) is -0.429. The van der Waals surface area contributed by atoms with E-state index in [-0.39, 0.29) is 0 Å². The van der Waals surface area contributed by atoms with Crippen LogP contribution in [0.3, 0.4) is 0 Å². The Bertz CT molecular complexity index is 326. The summed E-state index contributed by atoms with van der Waals surface area (Å²) in [6.45, 7) is 0.424. The Hall–Kier alpha value is -1.30. The first-order chi connectivity index (χ1) is 6.58. The largest absolute Gasteiger partial charge is 0.372 e. The van der Waals surface area contributed by atoms with Crippen molar-refractivity contribution in [1.29, 1.82) is 0 Å². The van der Waals surface area contributed by atoms with Gasteiger partial charge in [0.1, 0.15) is 0 Å². The van der Waals surface area contributed by atoms with Gasteiger partial charge >= 0.3 is 0 Å². The molecule has 1 rings (SSSR count). The van der Waals surface area contributed by atoms with Crippen LogP contribution in [0.4, 0.5) is 0 Å². The van der Waals surface area contributed by atoms with Crippen molar-refractivity contribution < 1.29 is 5.11 Å². The van der Waals surface area contributed by atoms with Crippen LogP contribution in [0.25, 0.3) is 0 Å². The molecule has 14 heavy (non-hydrogen) atoms. The van der Waals surface area contributed by atoms with Gasteiger partial charge in [-0.25, -0.2) is 0 Å². The minimum atomic E-state index is -1.19. The third-order valence-corrected chi connectivity index (χ3v) is 2.04. The highest BCUT2D eigenvalue weighted by Gasteiger charge is 2.26. The van der Waals surface area contributed by atoms with Crippen LogP contribution in [-0.4, -0.2) is 30.6 Å². The molecule has 0 bridgehead atoms. The van der Waals surface area contributed by atoms with Crippen LogP contribution in [0.15, 0.2) is 30.3 Å². The van der Waals surface area contributed by atoms with Gasteiger partial charge in [-0.05, 0) is 19.7 Å². The number of hydrogen-bond acceptors (Lipinski definition) is 2. The maximum atomic E-state index is 10.2. The molecule has 0 amide bonds. The number of rotatable bonds is 3. The quantitative estimate of drug-likeness (QED) is 0.719. The summed E-state index contributed by atoms with van der Waals surface area (Å²) < 4.78 is 0. The van der Waals surface area contributed by atoms with Crippen LogP contribution in [-0.2, 0) is 5.60 Å². The predicted octanol–water partition coefficient (Wildman–Crippen LogP) is 1.07. The lowest BCUT2D eigenvalue weighted by Gasteiger charge is -2.26. The maximum Gasteiger partial charge on any atom is 0.163 e. The minimum absolute atomic E-state index is 0.424. The normalized spacial score (nSPS) is 14.8. The number of benzene rings is 1. The van der Waals surface area contributed by atoms with Gasteiger partial charge in [-0.2, -0.15) is 0 Å². The molecule has 0 spiro atoms. The Balaban J connectivity index is 2.98. The van der Waals surface area contributed by atoms with E-state index in [1.54, 1.807) is 0 Å². The van der Waals surface area contributed by atoms with Crippen molar-refractivity contribution in [3.8, 4) is 12.3 Å². The van der Waals surface area contributed by atoms with Crippen molar-refractivity contribution in [3.63, 3.8) is 0 Å². The molecule has 1 N–H and O–H groups in total. The van der Waals surface area contributed by atoms with Crippen LogP contribution in [0.2, 0.25) is 0 Å². The van der Waals surface area contributed by atoms with Crippen LogP contribution in [0.1, 0.15) is 5.56 Å². The lowest BCUT2D eigenvalue weighted by molar-refractivity contribution is 0.0689. The van der Waals surface area contributed by atoms with Crippen molar-refractivity contribution in [2.75, 3.05) is 20.6 Å². The number of likely N-dealkylation sites (N-methyl/N-ethyl adjacent to an activating group) is 1. The standard InChI is InChI=1S/C12H15NO/c1-4-12(14,10-13(2)3)11-8-6-5-7-9-11/h1,5-9,14H,10H2,2-3H3. The van der Waals surface area contributed by atoms with Gasteiger partial charge in [0.05, 0.1) is 0 Å². The van der Waals surface area contributed by atoms with E-state index in [2.05, 4.69) is 5.92 Å². The van der Waals surface area contributed by atoms with Crippen LogP contribution >= 0.6 is 0 Å². The van der Waals surface area contributed by atoms with E-state index in [1.165, 1.54) is 0 Å². The van der Waals surface area contributed by atoms with Gasteiger partial charge in [-0.3, -0.25) is 0 Å². The summed E-state index contributed by atoms with van der Waals surface area (Å²) in [7, 11) is 3.76. The van der Waals surface area contributed by atoms with E-state index in [0.717, 1.165) is 5.56 Å². The smallest absolute Gasteiger partial charge is 0.163 e. The number of hydrogen-bond donors (Lipinski definition) is 1. The fraction of sp³-hybridized carbons (Fsp3) is 0.333. The molecule has 1 aromatic carbocycles. The zero-order valence-electron chi connectivity index (χ0n) is 8.57. The molecule has 2 heteroatoms. The zero-order chi connectivity index (χ0) is 10.6. The Kier molecular flexibility index (Phi) is 3.29. The van der Waals surface area contributed by atoms with Crippen LogP contribution in [0.5, 0.6) is 0 Å². The van der Waals surface area contributed by atoms with Crippen molar-refractivity contribution in [2.24, 2.45) is 0 Å². The topological polar surface area (TPSA) is 23.5 Å². The number of aliphatic hydroxyl groups is 1. The Morgan fingerprint density at radius 3 is 2.36 bits per heavy atom. The Morgan fingerprint density at radius 1 is 1.36 bits per heavy atom. The first-order valence-electron chi connectivity index (χ1n) is 4.49. The average Bonchev–Trinajstić information content (AvgIpc) is 2.18. The summed E-state index contributed by atoms with van der Waals surface area (Å²) in [4.78, 5) is 1.87. The van der Waals surface area contributed by atoms with Gasteiger partial charge in [0.15, 0.2) is 5.60 Å². The molecule has 1 unspecified atom stereocenters. The van der Waals surface area contributed by atoms with E-state index >= 15 is 0 Å². The van der Waals surface area contributed by atoms with E-state index in [9.17, 15) is 5.11 Å². The van der Waals surface area contributed by atoms with Crippen molar-refractivity contribution in [2.45, 2.75) is 5.60 Å². The van der Waals surface area contributed by atoms with Crippen LogP contribution < -0.4 is 0 Å². The molecule has 0 aliphatic rings. The van der Waals surface area contributed by atoms with E-state index in [1.807, 2.05) is 49.3 Å². The summed E-state index contributed by atoms with van der Waals surface area (Å²) in [5, 5.41) is 10.2. The third kappa shape index (κ3) is 2.35. The van der Waals surface area contributed by atoms with Crippen molar-refractivity contribution >= 4 is 0 Å². The highest BCUT2D eigenvalue weighted by molar-refractivity contribution is 5.30. The molecule has 0 fully saturated rings. The molecule has 1 atom stereocenters. The minimum Gasteiger partial charge on any atom is -0.372 e. The van der Waals surface area contributed by atoms with Gasteiger partial charge < -0.3 is 10.0 Å². The summed E-state index contributed by atoms with van der Waals surface area (Å²) >= 11 is 0. The first-order valence-corrected chi connectivity index (χ1v) is 4.49. The van der Waals surface area contributed by atoms with Gasteiger partial charge in [-0.1, -0.05) is 36.3 Å². The second-order valence-electron chi connectivity index (χ2n) is 3.61. The van der Waals surface area contributed by atoms with E-state index < -0.39 is 5.60 Å². The second kappa shape index (κ2) is 4.28. The molecule has 0 aromatic heterocycles. The highest BCUT2D eigenvalue weighted by atomic mass is 16.3. The molecule has 2 nitrogen and oxygen atoms in total. The number of terminal acetylenes is 1. The van der Waals surface area contributed by atoms with Crippen molar-refractivity contribution in [3.05, 3.63) is 35.9 Å². The summed E-state index contributed by atoms with van der Waals surface area (Å²) in [6.07, 6.45) is 5.36. The maximum absolute atomic E-state index is 10.2. The van der Waals surface area contributed by atoms with E-state index in [4.69, 9.17) is 6.42 Å². The molecule has 0 radical (unpaired) electrons. The molecule has 1 aromatic rings. The van der Waals surface area contributed by atoms with Gasteiger partial charge in [0.25, 0.3) is 0 Å². The summed E-state index contributed by atoms with van der Waals surface area (Å²) in [5.74, 6) is 2.44. The number of nitrogens with zero attached hydrogens (tertiary/aromatic N) is 1. The molecule has 0 heterocycles. The van der Waals surface area contributed by atoms with Crippen LogP contribution in [0, 0.1) is 12.3 Å². The highest BCUT2D eigenvalue weighted by Crippen LogP contribution is 2.20. The van der Waals surface area contributed by atoms with Gasteiger partial charge in [0.2, 0.25) is 0 Å². The fourth-order valence-corrected chi connectivity index (χ4v) is 1.39. The monoisotopic (exact) mass is 189 g/mol. The van der Waals surface area contributed by atoms with Gasteiger partial charge in [-0.15, -0.1) is 6.42 Å². The zero-order valence-corrected chi connectivity index (χ0v) is 8.57. The lowest BCUT2D eigenvalue weighted by Crippen LogP contribution is -2.36. The molecular formula is C12H15NO. The Morgan fingerprint density at radius 2 is 1.93 bits per heavy atom. The Labute approximate surface area is 85.2 Å². The molecule has 0 aliphatic heterocycles.